The first-order valence-electron chi connectivity index (χ1n) is 12.0. The van der Waals surface area contributed by atoms with Gasteiger partial charge in [0.1, 0.15) is 10.6 Å². The molecule has 37 heavy (non-hydrogen) atoms. The summed E-state index contributed by atoms with van der Waals surface area (Å²) in [4.78, 5) is 26.8. The van der Waals surface area contributed by atoms with E-state index in [-0.39, 0.29) is 24.4 Å². The molecule has 5 rings (SSSR count). The molecule has 3 aromatic heterocycles. The molecule has 1 aliphatic rings. The lowest BCUT2D eigenvalue weighted by Crippen LogP contribution is -2.18. The predicted molar refractivity (Wildman–Crippen MR) is 147 cm³/mol. The van der Waals surface area contributed by atoms with Crippen molar-refractivity contribution in [1.82, 2.24) is 14.8 Å². The van der Waals surface area contributed by atoms with Crippen molar-refractivity contribution in [2.75, 3.05) is 24.3 Å². The van der Waals surface area contributed by atoms with Crippen LogP contribution in [0.25, 0.3) is 21.8 Å². The van der Waals surface area contributed by atoms with Crippen LogP contribution in [0, 0.1) is 0 Å². The number of thioether (sulfide) groups is 1. The highest BCUT2D eigenvalue weighted by atomic mass is 32.2. The van der Waals surface area contributed by atoms with Crippen molar-refractivity contribution < 1.29 is 19.1 Å². The number of nitrogens with zero attached hydrogens (tertiary/aromatic N) is 3. The van der Waals surface area contributed by atoms with Crippen LogP contribution in [0.2, 0.25) is 0 Å². The number of hydrogen-bond donors (Lipinski definition) is 1. The van der Waals surface area contributed by atoms with Gasteiger partial charge in [0.05, 0.1) is 29.9 Å². The Morgan fingerprint density at radius 3 is 2.78 bits per heavy atom. The summed E-state index contributed by atoms with van der Waals surface area (Å²) in [6.45, 7) is 3.42. The predicted octanol–water partition coefficient (Wildman–Crippen LogP) is 5.82. The Balaban J connectivity index is 1.33. The van der Waals surface area contributed by atoms with E-state index in [1.807, 2.05) is 57.8 Å². The molecular formula is C26H26N4O4S3. The van der Waals surface area contributed by atoms with E-state index in [4.69, 9.17) is 9.47 Å². The van der Waals surface area contributed by atoms with Crippen LogP contribution < -0.4 is 5.32 Å². The summed E-state index contributed by atoms with van der Waals surface area (Å²) in [7, 11) is 0. The van der Waals surface area contributed by atoms with Gasteiger partial charge in [-0.1, -0.05) is 48.2 Å². The Morgan fingerprint density at radius 2 is 2.05 bits per heavy atom. The number of rotatable bonds is 10. The maximum absolute atomic E-state index is 13.0. The Kier molecular flexibility index (Phi) is 8.34. The molecule has 4 aromatic rings. The summed E-state index contributed by atoms with van der Waals surface area (Å²) >= 11 is 4.23. The van der Waals surface area contributed by atoms with Gasteiger partial charge in [-0.05, 0) is 36.8 Å². The average Bonchev–Trinajstić information content (AvgIpc) is 3.71. The number of aromatic nitrogens is 3. The summed E-state index contributed by atoms with van der Waals surface area (Å²) in [6.07, 6.45) is 2.14. The minimum Gasteiger partial charge on any atom is -0.462 e. The molecule has 1 aromatic carbocycles. The molecule has 8 nitrogen and oxygen atoms in total. The van der Waals surface area contributed by atoms with E-state index in [1.165, 1.54) is 23.1 Å². The van der Waals surface area contributed by atoms with Crippen LogP contribution >= 0.6 is 34.4 Å². The highest BCUT2D eigenvalue weighted by Crippen LogP contribution is 2.36. The number of carbonyl (C=O) groups is 2. The minimum atomic E-state index is -0.456. The van der Waals surface area contributed by atoms with Gasteiger partial charge in [0.25, 0.3) is 0 Å². The summed E-state index contributed by atoms with van der Waals surface area (Å²) in [5.74, 6) is 0.210. The summed E-state index contributed by atoms with van der Waals surface area (Å²) < 4.78 is 13.2. The average molecular weight is 555 g/mol. The molecule has 1 unspecified atom stereocenters. The second-order valence-corrected chi connectivity index (χ2v) is 11.1. The van der Waals surface area contributed by atoms with Crippen LogP contribution in [-0.2, 0) is 20.8 Å². The van der Waals surface area contributed by atoms with Crippen molar-refractivity contribution in [1.29, 1.82) is 0 Å². The first-order chi connectivity index (χ1) is 18.1. The lowest BCUT2D eigenvalue weighted by molar-refractivity contribution is -0.113. The number of esters is 1. The van der Waals surface area contributed by atoms with Gasteiger partial charge >= 0.3 is 5.97 Å². The number of carbonyl (C=O) groups excluding carboxylic acids is 2. The molecule has 0 radical (unpaired) electrons. The third-order valence-electron chi connectivity index (χ3n) is 5.81. The molecule has 1 fully saturated rings. The SMILES string of the molecule is CCOC(=O)c1c(-c2ccccc2)csc1NC(=O)CSc1nnc(-c2cccs2)n1CC1CCCO1. The maximum Gasteiger partial charge on any atom is 0.341 e. The topological polar surface area (TPSA) is 95.3 Å². The van der Waals surface area contributed by atoms with Gasteiger partial charge in [-0.25, -0.2) is 4.79 Å². The second-order valence-electron chi connectivity index (χ2n) is 8.31. The number of benzene rings is 1. The molecule has 0 spiro atoms. The van der Waals surface area contributed by atoms with Crippen LogP contribution in [0.5, 0.6) is 0 Å². The Labute approximate surface area is 227 Å². The van der Waals surface area contributed by atoms with Gasteiger partial charge in [-0.3, -0.25) is 9.36 Å². The number of thiophene rings is 2. The van der Waals surface area contributed by atoms with E-state index in [2.05, 4.69) is 15.5 Å². The number of anilines is 1. The first kappa shape index (κ1) is 25.7. The molecule has 192 valence electrons. The van der Waals surface area contributed by atoms with Crippen molar-refractivity contribution in [2.45, 2.75) is 37.6 Å². The zero-order valence-corrected chi connectivity index (χ0v) is 22.7. The van der Waals surface area contributed by atoms with Crippen molar-refractivity contribution in [3.63, 3.8) is 0 Å². The molecule has 1 saturated heterocycles. The van der Waals surface area contributed by atoms with Gasteiger partial charge < -0.3 is 14.8 Å². The van der Waals surface area contributed by atoms with Crippen LogP contribution in [0.1, 0.15) is 30.1 Å². The molecule has 0 saturated carbocycles. The molecule has 0 bridgehead atoms. The first-order valence-corrected chi connectivity index (χ1v) is 14.7. The smallest absolute Gasteiger partial charge is 0.341 e. The minimum absolute atomic E-state index is 0.109. The van der Waals surface area contributed by atoms with Crippen molar-refractivity contribution in [3.05, 3.63) is 58.8 Å². The largest absolute Gasteiger partial charge is 0.462 e. The molecule has 11 heteroatoms. The van der Waals surface area contributed by atoms with E-state index < -0.39 is 5.97 Å². The lowest BCUT2D eigenvalue weighted by atomic mass is 10.0. The van der Waals surface area contributed by atoms with Crippen LogP contribution in [-0.4, -0.2) is 51.7 Å². The molecule has 1 atom stereocenters. The van der Waals surface area contributed by atoms with E-state index in [0.29, 0.717) is 22.3 Å². The van der Waals surface area contributed by atoms with Crippen molar-refractivity contribution >= 4 is 51.3 Å². The van der Waals surface area contributed by atoms with Gasteiger partial charge in [0.2, 0.25) is 5.91 Å². The van der Waals surface area contributed by atoms with Crippen LogP contribution in [0.4, 0.5) is 5.00 Å². The van der Waals surface area contributed by atoms with Gasteiger partial charge in [0.15, 0.2) is 11.0 Å². The van der Waals surface area contributed by atoms with Crippen molar-refractivity contribution in [3.8, 4) is 21.8 Å². The van der Waals surface area contributed by atoms with Gasteiger partial charge in [-0.15, -0.1) is 32.9 Å². The molecule has 1 N–H and O–H groups in total. The summed E-state index contributed by atoms with van der Waals surface area (Å²) in [5, 5.41) is 16.7. The molecule has 1 aliphatic heterocycles. The van der Waals surface area contributed by atoms with Crippen molar-refractivity contribution in [2.24, 2.45) is 0 Å². The normalized spacial score (nSPS) is 15.1. The highest BCUT2D eigenvalue weighted by Gasteiger charge is 2.25. The Hall–Kier alpha value is -2.99. The number of amides is 1. The lowest BCUT2D eigenvalue weighted by Gasteiger charge is -2.14. The molecule has 0 aliphatic carbocycles. The third kappa shape index (κ3) is 5.96. The zero-order chi connectivity index (χ0) is 25.6. The van der Waals surface area contributed by atoms with E-state index in [0.717, 1.165) is 41.3 Å². The second kappa shape index (κ2) is 12.0. The molecular weight excluding hydrogens is 529 g/mol. The number of ether oxygens (including phenoxy) is 2. The van der Waals surface area contributed by atoms with Gasteiger partial charge in [-0.2, -0.15) is 0 Å². The Morgan fingerprint density at radius 1 is 1.19 bits per heavy atom. The zero-order valence-electron chi connectivity index (χ0n) is 20.2. The summed E-state index contributed by atoms with van der Waals surface area (Å²) in [5.41, 5.74) is 2.00. The van der Waals surface area contributed by atoms with Gasteiger partial charge in [0, 0.05) is 17.6 Å². The number of hydrogen-bond acceptors (Lipinski definition) is 9. The molecule has 4 heterocycles. The highest BCUT2D eigenvalue weighted by molar-refractivity contribution is 7.99. The summed E-state index contributed by atoms with van der Waals surface area (Å²) in [6, 6.07) is 13.6. The standard InChI is InChI=1S/C26H26N4O4S3/c1-2-33-25(32)22-19(17-8-4-3-5-9-17)15-36-24(22)27-21(31)16-37-26-29-28-23(20-11-7-13-35-20)30(26)14-18-10-6-12-34-18/h3-5,7-9,11,13,15,18H,2,6,10,12,14,16H2,1H3,(H,27,31). The fourth-order valence-corrected chi connectivity index (χ4v) is 6.56. The number of nitrogens with one attached hydrogen (secondary N) is 1. The fourth-order valence-electron chi connectivity index (χ4n) is 4.12. The maximum atomic E-state index is 13.0. The molecule has 1 amide bonds. The fraction of sp³-hybridized carbons (Fsp3) is 0.308. The quantitative estimate of drug-likeness (QED) is 0.195. The Bertz CT molecular complexity index is 1350. The van der Waals surface area contributed by atoms with Crippen LogP contribution in [0.15, 0.2) is 58.4 Å². The van der Waals surface area contributed by atoms with E-state index in [1.54, 1.807) is 18.3 Å². The van der Waals surface area contributed by atoms with E-state index >= 15 is 0 Å². The monoisotopic (exact) mass is 554 g/mol. The van der Waals surface area contributed by atoms with E-state index in [9.17, 15) is 9.59 Å². The third-order valence-corrected chi connectivity index (χ3v) is 8.54. The van der Waals surface area contributed by atoms with Crippen LogP contribution in [0.3, 0.4) is 0 Å².